The normalized spacial score (nSPS) is 19.5. The van der Waals surface area contributed by atoms with Crippen LogP contribution in [0.5, 0.6) is 0 Å². The monoisotopic (exact) mass is 547 g/mol. The second-order valence-corrected chi connectivity index (χ2v) is 9.93. The van der Waals surface area contributed by atoms with E-state index in [2.05, 4.69) is 10.6 Å². The Morgan fingerprint density at radius 3 is 2.57 bits per heavy atom. The summed E-state index contributed by atoms with van der Waals surface area (Å²) in [6, 6.07) is 4.84. The average Bonchev–Trinajstić information content (AvgIpc) is 2.87. The van der Waals surface area contributed by atoms with E-state index >= 15 is 0 Å². The summed E-state index contributed by atoms with van der Waals surface area (Å²) in [5, 5.41) is 15.6. The summed E-state index contributed by atoms with van der Waals surface area (Å²) in [5.74, 6) is -2.08. The standard InChI is InChI=1S/C26H36F3N3O4.ClH/c27-26(28,29)22-5-1-3-19(15-22)6-8-20(25(35)36)16-31-24(34)21-4-2-14-32(17-21)23(33)9-7-18-10-12-30-13-11-18;/h1,3,5,15,18,20-21,30H,2,4,6-14,16-17H2,(H,31,34)(H,35,36);1H/t20-,21-;/m1./s1. The van der Waals surface area contributed by atoms with Crippen molar-refractivity contribution >= 4 is 30.2 Å². The molecule has 0 unspecified atom stereocenters. The van der Waals surface area contributed by atoms with E-state index < -0.39 is 23.6 Å². The molecule has 0 spiro atoms. The molecule has 2 fully saturated rings. The van der Waals surface area contributed by atoms with Crippen molar-refractivity contribution in [2.24, 2.45) is 17.8 Å². The average molecular weight is 548 g/mol. The van der Waals surface area contributed by atoms with Crippen molar-refractivity contribution in [2.45, 2.75) is 57.5 Å². The minimum atomic E-state index is -4.46. The maximum Gasteiger partial charge on any atom is 0.416 e. The number of hydrogen-bond acceptors (Lipinski definition) is 4. The van der Waals surface area contributed by atoms with Crippen LogP contribution < -0.4 is 10.6 Å². The molecule has 1 aromatic carbocycles. The summed E-state index contributed by atoms with van der Waals surface area (Å²) in [6.45, 7) is 2.83. The van der Waals surface area contributed by atoms with Gasteiger partial charge in [0.15, 0.2) is 0 Å². The van der Waals surface area contributed by atoms with Crippen LogP contribution in [0.2, 0.25) is 0 Å². The molecule has 208 valence electrons. The lowest BCUT2D eigenvalue weighted by molar-refractivity contribution is -0.142. The van der Waals surface area contributed by atoms with Crippen LogP contribution in [0, 0.1) is 17.8 Å². The van der Waals surface area contributed by atoms with Gasteiger partial charge in [0.05, 0.1) is 17.4 Å². The minimum Gasteiger partial charge on any atom is -0.481 e. The van der Waals surface area contributed by atoms with Crippen LogP contribution in [0.4, 0.5) is 13.2 Å². The summed E-state index contributed by atoms with van der Waals surface area (Å²) in [5.41, 5.74) is -0.374. The highest BCUT2D eigenvalue weighted by Gasteiger charge is 2.31. The summed E-state index contributed by atoms with van der Waals surface area (Å²) >= 11 is 0. The van der Waals surface area contributed by atoms with Gasteiger partial charge in [-0.2, -0.15) is 13.2 Å². The van der Waals surface area contributed by atoms with Gasteiger partial charge in [-0.05, 0) is 75.6 Å². The number of carbonyl (C=O) groups is 3. The second kappa shape index (κ2) is 14.6. The van der Waals surface area contributed by atoms with Crippen molar-refractivity contribution < 1.29 is 32.7 Å². The lowest BCUT2D eigenvalue weighted by Crippen LogP contribution is -2.46. The van der Waals surface area contributed by atoms with Gasteiger partial charge < -0.3 is 20.6 Å². The van der Waals surface area contributed by atoms with Crippen LogP contribution in [0.25, 0.3) is 0 Å². The number of aryl methyl sites for hydroxylation is 1. The number of amides is 2. The highest BCUT2D eigenvalue weighted by molar-refractivity contribution is 5.85. The molecule has 0 aliphatic carbocycles. The molecule has 0 saturated carbocycles. The molecule has 2 atom stereocenters. The fourth-order valence-electron chi connectivity index (χ4n) is 5.00. The molecule has 3 rings (SSSR count). The molecule has 11 heteroatoms. The first kappa shape index (κ1) is 30.9. The highest BCUT2D eigenvalue weighted by atomic mass is 35.5. The van der Waals surface area contributed by atoms with Gasteiger partial charge in [0.25, 0.3) is 0 Å². The van der Waals surface area contributed by atoms with Crippen LogP contribution >= 0.6 is 12.4 Å². The third-order valence-corrected chi connectivity index (χ3v) is 7.28. The fourth-order valence-corrected chi connectivity index (χ4v) is 5.00. The van der Waals surface area contributed by atoms with E-state index in [1.54, 1.807) is 4.90 Å². The quantitative estimate of drug-likeness (QED) is 0.413. The molecule has 2 amide bonds. The van der Waals surface area contributed by atoms with Crippen molar-refractivity contribution in [2.75, 3.05) is 32.7 Å². The zero-order chi connectivity index (χ0) is 26.1. The van der Waals surface area contributed by atoms with Gasteiger partial charge in [-0.15, -0.1) is 12.4 Å². The number of hydrogen-bond donors (Lipinski definition) is 3. The molecule has 0 radical (unpaired) electrons. The van der Waals surface area contributed by atoms with Crippen LogP contribution in [-0.2, 0) is 27.0 Å². The van der Waals surface area contributed by atoms with E-state index in [9.17, 15) is 32.7 Å². The van der Waals surface area contributed by atoms with Gasteiger partial charge in [-0.1, -0.05) is 18.2 Å². The van der Waals surface area contributed by atoms with Crippen LogP contribution in [0.1, 0.15) is 56.1 Å². The van der Waals surface area contributed by atoms with Crippen molar-refractivity contribution in [3.8, 4) is 0 Å². The molecular weight excluding hydrogens is 511 g/mol. The number of carboxylic acid groups (broad SMARTS) is 1. The smallest absolute Gasteiger partial charge is 0.416 e. The number of benzene rings is 1. The molecule has 0 aromatic heterocycles. The number of aliphatic carboxylic acids is 1. The Bertz CT molecular complexity index is 909. The number of rotatable bonds is 10. The topological polar surface area (TPSA) is 98.7 Å². The van der Waals surface area contributed by atoms with Gasteiger partial charge in [0.1, 0.15) is 0 Å². The predicted octanol–water partition coefficient (Wildman–Crippen LogP) is 3.90. The molecule has 7 nitrogen and oxygen atoms in total. The summed E-state index contributed by atoms with van der Waals surface area (Å²) in [7, 11) is 0. The van der Waals surface area contributed by atoms with Gasteiger partial charge in [0, 0.05) is 26.1 Å². The number of nitrogens with zero attached hydrogens (tertiary/aromatic N) is 1. The van der Waals surface area contributed by atoms with E-state index in [0.29, 0.717) is 37.4 Å². The van der Waals surface area contributed by atoms with Crippen LogP contribution in [-0.4, -0.2) is 60.5 Å². The lowest BCUT2D eigenvalue weighted by atomic mass is 9.92. The van der Waals surface area contributed by atoms with E-state index in [1.165, 1.54) is 12.1 Å². The summed E-state index contributed by atoms with van der Waals surface area (Å²) in [6.07, 6.45) is 0.644. The first-order valence-corrected chi connectivity index (χ1v) is 12.8. The Kier molecular flexibility index (Phi) is 12.2. The number of piperidine rings is 2. The van der Waals surface area contributed by atoms with Gasteiger partial charge in [-0.25, -0.2) is 0 Å². The van der Waals surface area contributed by atoms with Crippen LogP contribution in [0.3, 0.4) is 0 Å². The molecule has 37 heavy (non-hydrogen) atoms. The molecule has 2 aliphatic heterocycles. The Hall–Kier alpha value is -2.33. The number of halogens is 4. The summed E-state index contributed by atoms with van der Waals surface area (Å²) in [4.78, 5) is 38.9. The maximum atomic E-state index is 12.9. The first-order valence-electron chi connectivity index (χ1n) is 12.8. The van der Waals surface area contributed by atoms with Gasteiger partial charge in [-0.3, -0.25) is 14.4 Å². The van der Waals surface area contributed by atoms with E-state index in [0.717, 1.165) is 50.9 Å². The molecule has 2 saturated heterocycles. The molecule has 3 N–H and O–H groups in total. The van der Waals surface area contributed by atoms with E-state index in [-0.39, 0.29) is 49.5 Å². The number of nitrogens with one attached hydrogen (secondary N) is 2. The van der Waals surface area contributed by atoms with Gasteiger partial charge in [0.2, 0.25) is 11.8 Å². The SMILES string of the molecule is Cl.O=C(O)[C@H](CCc1cccc(C(F)(F)F)c1)CNC(=O)[C@@H]1CCCN(C(=O)CCC2CCNCC2)C1. The zero-order valence-corrected chi connectivity index (χ0v) is 21.7. The maximum absolute atomic E-state index is 12.9. The number of alkyl halides is 3. The summed E-state index contributed by atoms with van der Waals surface area (Å²) < 4.78 is 38.8. The lowest BCUT2D eigenvalue weighted by Gasteiger charge is -2.33. The van der Waals surface area contributed by atoms with Crippen molar-refractivity contribution in [3.63, 3.8) is 0 Å². The fraction of sp³-hybridized carbons (Fsp3) is 0.654. The highest BCUT2D eigenvalue weighted by Crippen LogP contribution is 2.30. The Morgan fingerprint density at radius 1 is 1.16 bits per heavy atom. The van der Waals surface area contributed by atoms with Crippen molar-refractivity contribution in [1.29, 1.82) is 0 Å². The third-order valence-electron chi connectivity index (χ3n) is 7.28. The molecule has 2 aliphatic rings. The number of carbonyl (C=O) groups excluding carboxylic acids is 2. The number of carboxylic acids is 1. The minimum absolute atomic E-state index is 0. The Morgan fingerprint density at radius 2 is 1.89 bits per heavy atom. The largest absolute Gasteiger partial charge is 0.481 e. The van der Waals surface area contributed by atoms with Gasteiger partial charge >= 0.3 is 12.1 Å². The first-order chi connectivity index (χ1) is 17.1. The van der Waals surface area contributed by atoms with E-state index in [4.69, 9.17) is 0 Å². The van der Waals surface area contributed by atoms with E-state index in [1.807, 2.05) is 0 Å². The third kappa shape index (κ3) is 9.81. The van der Waals surface area contributed by atoms with Crippen molar-refractivity contribution in [3.05, 3.63) is 35.4 Å². The Labute approximate surface area is 222 Å². The van der Waals surface area contributed by atoms with Crippen LogP contribution in [0.15, 0.2) is 24.3 Å². The molecular formula is C26H37ClF3N3O4. The molecule has 2 heterocycles. The zero-order valence-electron chi connectivity index (χ0n) is 20.9. The Balaban J connectivity index is 0.00000481. The number of likely N-dealkylation sites (tertiary alicyclic amines) is 1. The van der Waals surface area contributed by atoms with Crippen molar-refractivity contribution in [1.82, 2.24) is 15.5 Å². The molecule has 0 bridgehead atoms. The predicted molar refractivity (Wildman–Crippen MR) is 135 cm³/mol. The molecule has 1 aromatic rings. The second-order valence-electron chi connectivity index (χ2n) is 9.93.